The first kappa shape index (κ1) is 11.8. The number of carbonyl (C=O) groups excluding carboxylic acids is 1. The highest BCUT2D eigenvalue weighted by Gasteiger charge is 2.12. The quantitative estimate of drug-likeness (QED) is 0.740. The Morgan fingerprint density at radius 1 is 1.33 bits per heavy atom. The van der Waals surface area contributed by atoms with Gasteiger partial charge in [0.2, 0.25) is 0 Å². The largest absolute Gasteiger partial charge is 0.341 e. The Balaban J connectivity index is 2.61. The molecule has 0 aliphatic heterocycles. The molecule has 0 spiro atoms. The van der Waals surface area contributed by atoms with Crippen LogP contribution < -0.4 is 0 Å². The van der Waals surface area contributed by atoms with Crippen molar-refractivity contribution in [3.05, 3.63) is 35.9 Å². The Labute approximate surface area is 91.9 Å². The summed E-state index contributed by atoms with van der Waals surface area (Å²) in [6.07, 6.45) is 1.10. The van der Waals surface area contributed by atoms with Crippen LogP contribution in [0.5, 0.6) is 0 Å². The first-order chi connectivity index (χ1) is 7.15. The lowest BCUT2D eigenvalue weighted by molar-refractivity contribution is 0.0775. The van der Waals surface area contributed by atoms with Gasteiger partial charge in [0.25, 0.3) is 5.91 Å². The van der Waals surface area contributed by atoms with E-state index in [4.69, 9.17) is 0 Å². The number of hydrogen-bond acceptors (Lipinski definition) is 1. The van der Waals surface area contributed by atoms with E-state index < -0.39 is 0 Å². The molecule has 0 N–H and O–H groups in total. The van der Waals surface area contributed by atoms with Crippen LogP contribution in [0, 0.1) is 5.92 Å². The highest BCUT2D eigenvalue weighted by molar-refractivity contribution is 5.93. The van der Waals surface area contributed by atoms with Gasteiger partial charge in [0, 0.05) is 19.2 Å². The van der Waals surface area contributed by atoms with Crippen molar-refractivity contribution < 1.29 is 4.79 Å². The van der Waals surface area contributed by atoms with Gasteiger partial charge in [-0.15, -0.1) is 0 Å². The van der Waals surface area contributed by atoms with Crippen LogP contribution in [-0.4, -0.2) is 24.4 Å². The second-order valence-corrected chi connectivity index (χ2v) is 4.07. The molecule has 1 aromatic rings. The molecule has 15 heavy (non-hydrogen) atoms. The van der Waals surface area contributed by atoms with Crippen molar-refractivity contribution in [3.8, 4) is 0 Å². The molecule has 1 rings (SSSR count). The lowest BCUT2D eigenvalue weighted by Gasteiger charge is -2.20. The normalized spacial score (nSPS) is 12.2. The zero-order valence-electron chi connectivity index (χ0n) is 9.73. The molecule has 1 unspecified atom stereocenters. The van der Waals surface area contributed by atoms with Gasteiger partial charge < -0.3 is 4.90 Å². The molecule has 0 fully saturated rings. The molecule has 2 nitrogen and oxygen atoms in total. The van der Waals surface area contributed by atoms with E-state index >= 15 is 0 Å². The molecule has 0 saturated heterocycles. The summed E-state index contributed by atoms with van der Waals surface area (Å²) >= 11 is 0. The van der Waals surface area contributed by atoms with Gasteiger partial charge in [-0.1, -0.05) is 38.5 Å². The van der Waals surface area contributed by atoms with Crippen LogP contribution in [0.1, 0.15) is 30.6 Å². The van der Waals surface area contributed by atoms with Crippen molar-refractivity contribution in [2.24, 2.45) is 5.92 Å². The topological polar surface area (TPSA) is 20.3 Å². The summed E-state index contributed by atoms with van der Waals surface area (Å²) in [5, 5.41) is 0. The van der Waals surface area contributed by atoms with Crippen molar-refractivity contribution >= 4 is 5.91 Å². The van der Waals surface area contributed by atoms with Crippen LogP contribution in [0.2, 0.25) is 0 Å². The van der Waals surface area contributed by atoms with E-state index in [0.717, 1.165) is 18.5 Å². The van der Waals surface area contributed by atoms with E-state index in [0.29, 0.717) is 5.92 Å². The minimum atomic E-state index is 0.107. The molecular formula is C13H19NO. The maximum Gasteiger partial charge on any atom is 0.253 e. The lowest BCUT2D eigenvalue weighted by atomic mass is 10.1. The van der Waals surface area contributed by atoms with E-state index in [1.54, 1.807) is 4.90 Å². The Hall–Kier alpha value is -1.31. The monoisotopic (exact) mass is 205 g/mol. The molecule has 0 aliphatic carbocycles. The summed E-state index contributed by atoms with van der Waals surface area (Å²) in [5.74, 6) is 0.665. The highest BCUT2D eigenvalue weighted by Crippen LogP contribution is 2.07. The van der Waals surface area contributed by atoms with E-state index in [1.807, 2.05) is 37.4 Å². The fourth-order valence-corrected chi connectivity index (χ4v) is 1.48. The van der Waals surface area contributed by atoms with Crippen LogP contribution in [0.25, 0.3) is 0 Å². The predicted molar refractivity (Wildman–Crippen MR) is 62.9 cm³/mol. The van der Waals surface area contributed by atoms with Gasteiger partial charge in [0.05, 0.1) is 0 Å². The summed E-state index contributed by atoms with van der Waals surface area (Å²) in [7, 11) is 1.86. The number of amides is 1. The summed E-state index contributed by atoms with van der Waals surface area (Å²) < 4.78 is 0. The number of carbonyl (C=O) groups is 1. The third-order valence-corrected chi connectivity index (χ3v) is 2.65. The minimum Gasteiger partial charge on any atom is -0.341 e. The Bertz CT molecular complexity index is 308. The van der Waals surface area contributed by atoms with Gasteiger partial charge in [-0.3, -0.25) is 4.79 Å². The molecule has 0 bridgehead atoms. The predicted octanol–water partition coefficient (Wildman–Crippen LogP) is 2.80. The summed E-state index contributed by atoms with van der Waals surface area (Å²) in [5.41, 5.74) is 0.767. The Kier molecular flexibility index (Phi) is 4.35. The number of benzene rings is 1. The minimum absolute atomic E-state index is 0.107. The average Bonchev–Trinajstić information content (AvgIpc) is 2.29. The van der Waals surface area contributed by atoms with Crippen LogP contribution >= 0.6 is 0 Å². The fraction of sp³-hybridized carbons (Fsp3) is 0.462. The number of nitrogens with zero attached hydrogens (tertiary/aromatic N) is 1. The molecule has 0 aromatic heterocycles. The van der Waals surface area contributed by atoms with Gasteiger partial charge in [-0.25, -0.2) is 0 Å². The van der Waals surface area contributed by atoms with Crippen LogP contribution in [0.3, 0.4) is 0 Å². The summed E-state index contributed by atoms with van der Waals surface area (Å²) in [6, 6.07) is 9.42. The molecule has 82 valence electrons. The molecule has 1 amide bonds. The third-order valence-electron chi connectivity index (χ3n) is 2.65. The molecule has 0 saturated carbocycles. The Morgan fingerprint density at radius 3 is 2.47 bits per heavy atom. The zero-order valence-corrected chi connectivity index (χ0v) is 9.73. The second kappa shape index (κ2) is 5.54. The molecule has 0 radical (unpaired) electrons. The van der Waals surface area contributed by atoms with Crippen LogP contribution in [0.15, 0.2) is 30.3 Å². The summed E-state index contributed by atoms with van der Waals surface area (Å²) in [6.45, 7) is 5.13. The van der Waals surface area contributed by atoms with Crippen LogP contribution in [0.4, 0.5) is 0 Å². The maximum atomic E-state index is 11.9. The molecule has 0 heterocycles. The first-order valence-corrected chi connectivity index (χ1v) is 5.45. The van der Waals surface area contributed by atoms with E-state index in [1.165, 1.54) is 0 Å². The third kappa shape index (κ3) is 3.39. The van der Waals surface area contributed by atoms with Crippen molar-refractivity contribution in [3.63, 3.8) is 0 Å². The molecule has 1 atom stereocenters. The highest BCUT2D eigenvalue weighted by atomic mass is 16.2. The van der Waals surface area contributed by atoms with Gasteiger partial charge in [0.15, 0.2) is 0 Å². The van der Waals surface area contributed by atoms with Crippen LogP contribution in [-0.2, 0) is 0 Å². The van der Waals surface area contributed by atoms with Gasteiger partial charge in [0.1, 0.15) is 0 Å². The van der Waals surface area contributed by atoms with Gasteiger partial charge >= 0.3 is 0 Å². The van der Waals surface area contributed by atoms with Crippen molar-refractivity contribution in [2.75, 3.05) is 13.6 Å². The summed E-state index contributed by atoms with van der Waals surface area (Å²) in [4.78, 5) is 13.7. The molecular weight excluding hydrogens is 186 g/mol. The smallest absolute Gasteiger partial charge is 0.253 e. The lowest BCUT2D eigenvalue weighted by Crippen LogP contribution is -2.30. The zero-order chi connectivity index (χ0) is 11.3. The second-order valence-electron chi connectivity index (χ2n) is 4.07. The molecule has 1 aromatic carbocycles. The molecule has 0 aliphatic rings. The van der Waals surface area contributed by atoms with Gasteiger partial charge in [-0.2, -0.15) is 0 Å². The standard InChI is InChI=1S/C13H19NO/c1-4-11(2)10-14(3)13(15)12-8-6-5-7-9-12/h5-9,11H,4,10H2,1-3H3. The van der Waals surface area contributed by atoms with Crippen molar-refractivity contribution in [2.45, 2.75) is 20.3 Å². The first-order valence-electron chi connectivity index (χ1n) is 5.45. The fourth-order valence-electron chi connectivity index (χ4n) is 1.48. The SMILES string of the molecule is CCC(C)CN(C)C(=O)c1ccccc1. The van der Waals surface area contributed by atoms with E-state index in [9.17, 15) is 4.79 Å². The van der Waals surface area contributed by atoms with E-state index in [-0.39, 0.29) is 5.91 Å². The molecule has 2 heteroatoms. The maximum absolute atomic E-state index is 11.9. The Morgan fingerprint density at radius 2 is 1.93 bits per heavy atom. The van der Waals surface area contributed by atoms with E-state index in [2.05, 4.69) is 13.8 Å². The number of hydrogen-bond donors (Lipinski definition) is 0. The van der Waals surface area contributed by atoms with Crippen molar-refractivity contribution in [1.29, 1.82) is 0 Å². The number of rotatable bonds is 4. The average molecular weight is 205 g/mol. The van der Waals surface area contributed by atoms with Gasteiger partial charge in [-0.05, 0) is 18.1 Å². The van der Waals surface area contributed by atoms with Crippen molar-refractivity contribution in [1.82, 2.24) is 4.90 Å².